The third kappa shape index (κ3) is 7.78. The minimum atomic E-state index is -1.00. The zero-order chi connectivity index (χ0) is 34.2. The van der Waals surface area contributed by atoms with E-state index in [0.29, 0.717) is 11.3 Å². The van der Waals surface area contributed by atoms with Gasteiger partial charge in [-0.25, -0.2) is 13.8 Å². The van der Waals surface area contributed by atoms with E-state index in [1.165, 1.54) is 22.9 Å². The molecule has 3 heterocycles. The van der Waals surface area contributed by atoms with Crippen LogP contribution in [-0.2, 0) is 24.7 Å². The molecule has 12 heteroatoms. The Balaban J connectivity index is 0.00000145. The second-order valence-corrected chi connectivity index (χ2v) is 11.1. The van der Waals surface area contributed by atoms with Crippen LogP contribution in [0.4, 0.5) is 8.78 Å². The van der Waals surface area contributed by atoms with E-state index in [1.54, 1.807) is 12.3 Å². The van der Waals surface area contributed by atoms with Gasteiger partial charge in [-0.3, -0.25) is 9.59 Å². The van der Waals surface area contributed by atoms with Crippen LogP contribution in [0.1, 0.15) is 35.3 Å². The number of hydrogen-bond donors (Lipinski definition) is 1. The predicted octanol–water partition coefficient (Wildman–Crippen LogP) is 6.23. The lowest BCUT2D eigenvalue weighted by atomic mass is 10.0. The number of rotatable bonds is 9. The van der Waals surface area contributed by atoms with Crippen molar-refractivity contribution in [3.8, 4) is 22.6 Å². The Morgan fingerprint density at radius 3 is 2.42 bits per heavy atom. The van der Waals surface area contributed by atoms with Crippen molar-refractivity contribution in [3.63, 3.8) is 0 Å². The molecule has 0 aliphatic rings. The first kappa shape index (κ1) is 33.6. The maximum atomic E-state index is 13.7. The zero-order valence-electron chi connectivity index (χ0n) is 25.9. The third-order valence-corrected chi connectivity index (χ3v) is 7.30. The molecular formula is C36H30F2N4O5S. The molecule has 244 valence electrons. The van der Waals surface area contributed by atoms with Gasteiger partial charge in [0.15, 0.2) is 11.6 Å². The van der Waals surface area contributed by atoms with E-state index in [1.807, 2.05) is 85.3 Å². The van der Waals surface area contributed by atoms with Gasteiger partial charge in [0.05, 0.1) is 12.6 Å². The Labute approximate surface area is 278 Å². The molecule has 0 radical (unpaired) electrons. The first-order valence-electron chi connectivity index (χ1n) is 14.8. The number of benzene rings is 3. The summed E-state index contributed by atoms with van der Waals surface area (Å²) in [4.78, 5) is 31.0. The monoisotopic (exact) mass is 668 g/mol. The van der Waals surface area contributed by atoms with Crippen LogP contribution in [-0.4, -0.2) is 34.5 Å². The molecule has 9 nitrogen and oxygen atoms in total. The Bertz CT molecular complexity index is 2180. The lowest BCUT2D eigenvalue weighted by molar-refractivity contribution is 0.0948. The highest BCUT2D eigenvalue weighted by molar-refractivity contribution is 7.51. The molecule has 48 heavy (non-hydrogen) atoms. The van der Waals surface area contributed by atoms with Gasteiger partial charge in [-0.05, 0) is 97.3 Å². The van der Waals surface area contributed by atoms with Gasteiger partial charge in [-0.15, -0.1) is 0 Å². The maximum Gasteiger partial charge on any atom is 0.335 e. The molecule has 0 bridgehead atoms. The van der Waals surface area contributed by atoms with Crippen LogP contribution in [0.2, 0.25) is 0 Å². The van der Waals surface area contributed by atoms with Crippen LogP contribution in [0.15, 0.2) is 114 Å². The number of carbonyl (C=O) groups is 1. The highest BCUT2D eigenvalue weighted by Crippen LogP contribution is 2.34. The van der Waals surface area contributed by atoms with Crippen molar-refractivity contribution in [1.82, 2.24) is 19.4 Å². The van der Waals surface area contributed by atoms with Crippen molar-refractivity contribution in [2.45, 2.75) is 33.0 Å². The van der Waals surface area contributed by atoms with E-state index >= 15 is 0 Å². The number of ether oxygens (including phenoxy) is 1. The molecule has 0 aliphatic carbocycles. The van der Waals surface area contributed by atoms with Crippen LogP contribution in [0.3, 0.4) is 0 Å². The number of halogens is 2. The number of aromatic nitrogens is 3. The van der Waals surface area contributed by atoms with E-state index in [4.69, 9.17) is 13.2 Å². The highest BCUT2D eigenvalue weighted by atomic mass is 32.1. The molecule has 3 aromatic carbocycles. The highest BCUT2D eigenvalue weighted by Gasteiger charge is 2.17. The SMILES string of the molecule is CC(C)Oc1cc(CNC(=O)c2cccn(Cc3ccc(F)c(F)c3)c2=O)cc(-c2cn(-c3ccccc3)c3ncccc23)c1.O=S=O. The number of hydrogen-bond acceptors (Lipinski definition) is 6. The average molecular weight is 669 g/mol. The van der Waals surface area contributed by atoms with Crippen molar-refractivity contribution in [1.29, 1.82) is 0 Å². The minimum absolute atomic E-state index is 0.0134. The summed E-state index contributed by atoms with van der Waals surface area (Å²) < 4.78 is 53.0. The Morgan fingerprint density at radius 2 is 1.69 bits per heavy atom. The van der Waals surface area contributed by atoms with Gasteiger partial charge in [0.25, 0.3) is 11.5 Å². The molecule has 0 saturated heterocycles. The Hall–Kier alpha value is -5.75. The Morgan fingerprint density at radius 1 is 0.917 bits per heavy atom. The van der Waals surface area contributed by atoms with Gasteiger partial charge in [0.2, 0.25) is 0 Å². The lowest BCUT2D eigenvalue weighted by Gasteiger charge is -2.14. The average Bonchev–Trinajstić information content (AvgIpc) is 3.47. The molecule has 0 spiro atoms. The van der Waals surface area contributed by atoms with Crippen molar-refractivity contribution in [2.24, 2.45) is 0 Å². The van der Waals surface area contributed by atoms with Crippen molar-refractivity contribution in [3.05, 3.63) is 148 Å². The molecular weight excluding hydrogens is 638 g/mol. The summed E-state index contributed by atoms with van der Waals surface area (Å²) in [5.41, 5.74) is 4.20. The topological polar surface area (TPSA) is 112 Å². The summed E-state index contributed by atoms with van der Waals surface area (Å²) in [6, 6.07) is 26.2. The second-order valence-electron chi connectivity index (χ2n) is 11.0. The zero-order valence-corrected chi connectivity index (χ0v) is 26.7. The van der Waals surface area contributed by atoms with Gasteiger partial charge < -0.3 is 19.2 Å². The summed E-state index contributed by atoms with van der Waals surface area (Å²) in [6.45, 7) is 4.01. The molecule has 0 atom stereocenters. The van der Waals surface area contributed by atoms with E-state index in [0.717, 1.165) is 45.5 Å². The molecule has 0 unspecified atom stereocenters. The molecule has 6 aromatic rings. The fraction of sp³-hybridized carbons (Fsp3) is 0.139. The molecule has 3 aromatic heterocycles. The summed E-state index contributed by atoms with van der Waals surface area (Å²) in [5, 5.41) is 3.82. The number of pyridine rings is 2. The van der Waals surface area contributed by atoms with Crippen molar-refractivity contribution < 1.29 is 26.7 Å². The first-order chi connectivity index (χ1) is 23.2. The predicted molar refractivity (Wildman–Crippen MR) is 179 cm³/mol. The van der Waals surface area contributed by atoms with Crippen molar-refractivity contribution in [2.75, 3.05) is 0 Å². The number of nitrogens with zero attached hydrogens (tertiary/aromatic N) is 3. The van der Waals surface area contributed by atoms with Gasteiger partial charge in [0.1, 0.15) is 17.0 Å². The van der Waals surface area contributed by atoms with Gasteiger partial charge in [-0.2, -0.15) is 8.42 Å². The molecule has 1 N–H and O–H groups in total. The van der Waals surface area contributed by atoms with Crippen molar-refractivity contribution >= 4 is 28.5 Å². The summed E-state index contributed by atoms with van der Waals surface area (Å²) in [7, 11) is 0. The summed E-state index contributed by atoms with van der Waals surface area (Å²) in [6.07, 6.45) is 5.23. The maximum absolute atomic E-state index is 13.7. The van der Waals surface area contributed by atoms with Crippen LogP contribution < -0.4 is 15.6 Å². The lowest BCUT2D eigenvalue weighted by Crippen LogP contribution is -2.32. The molecule has 0 fully saturated rings. The van der Waals surface area contributed by atoms with E-state index in [-0.39, 0.29) is 24.8 Å². The molecule has 0 saturated carbocycles. The van der Waals surface area contributed by atoms with Gasteiger partial charge in [0, 0.05) is 41.8 Å². The van der Waals surface area contributed by atoms with Gasteiger partial charge >= 0.3 is 11.6 Å². The Kier molecular flexibility index (Phi) is 10.7. The van der Waals surface area contributed by atoms with Gasteiger partial charge in [-0.1, -0.05) is 24.3 Å². The second kappa shape index (κ2) is 15.2. The quantitative estimate of drug-likeness (QED) is 0.196. The third-order valence-electron chi connectivity index (χ3n) is 7.30. The number of nitrogens with one attached hydrogen (secondary N) is 1. The number of amides is 1. The fourth-order valence-corrected chi connectivity index (χ4v) is 5.28. The first-order valence-corrected chi connectivity index (χ1v) is 15.5. The number of carbonyl (C=O) groups excluding carboxylic acids is 1. The van der Waals surface area contributed by atoms with E-state index < -0.39 is 34.7 Å². The normalized spacial score (nSPS) is 10.8. The van der Waals surface area contributed by atoms with Crippen LogP contribution >= 0.6 is 0 Å². The fourth-order valence-electron chi connectivity index (χ4n) is 5.28. The van der Waals surface area contributed by atoms with Crippen LogP contribution in [0.5, 0.6) is 5.75 Å². The molecule has 0 aliphatic heterocycles. The number of para-hydroxylation sites is 1. The summed E-state index contributed by atoms with van der Waals surface area (Å²) in [5.74, 6) is -1.88. The standard InChI is InChI=1S/C36H30F2N4O3.O2S/c1-23(2)45-28-17-25(16-26(19-28)31-22-42(27-8-4-3-5-9-27)34-29(31)10-6-14-39-34)20-40-35(43)30-11-7-15-41(36(30)44)21-24-12-13-32(37)33(38)18-24;1-3-2/h3-19,22-23H,20-21H2,1-2H3,(H,40,43);. The minimum Gasteiger partial charge on any atom is -0.491 e. The van der Waals surface area contributed by atoms with Crippen LogP contribution in [0, 0.1) is 11.6 Å². The van der Waals surface area contributed by atoms with E-state index in [9.17, 15) is 18.4 Å². The van der Waals surface area contributed by atoms with Crippen LogP contribution in [0.25, 0.3) is 27.8 Å². The largest absolute Gasteiger partial charge is 0.491 e. The van der Waals surface area contributed by atoms with E-state index in [2.05, 4.69) is 10.3 Å². The smallest absolute Gasteiger partial charge is 0.335 e. The molecule has 1 amide bonds. The summed E-state index contributed by atoms with van der Waals surface area (Å²) >= 11 is -0.750. The number of fused-ring (bicyclic) bond motifs is 1. The molecule has 6 rings (SSSR count).